The Kier molecular flexibility index (Phi) is 4.00. The van der Waals surface area contributed by atoms with Gasteiger partial charge >= 0.3 is 0 Å². The number of carbonyl (C=O) groups excluding carboxylic acids is 2. The Bertz CT molecular complexity index is 444. The third kappa shape index (κ3) is 3.11. The summed E-state index contributed by atoms with van der Waals surface area (Å²) in [6.45, 7) is 0.798. The monoisotopic (exact) mass is 253 g/mol. The molecule has 1 atom stereocenters. The zero-order chi connectivity index (χ0) is 13.0. The molecule has 1 unspecified atom stereocenters. The van der Waals surface area contributed by atoms with Crippen molar-refractivity contribution in [2.24, 2.45) is 0 Å². The van der Waals surface area contributed by atoms with Gasteiger partial charge in [0.15, 0.2) is 0 Å². The maximum atomic E-state index is 11.5. The summed E-state index contributed by atoms with van der Waals surface area (Å²) in [4.78, 5) is 22.4. The Hall–Kier alpha value is -1.80. The minimum atomic E-state index is -0.370. The fourth-order valence-electron chi connectivity index (χ4n) is 1.75. The summed E-state index contributed by atoms with van der Waals surface area (Å²) >= 11 is 0. The summed E-state index contributed by atoms with van der Waals surface area (Å²) in [6, 6.07) is -0.370. The summed E-state index contributed by atoms with van der Waals surface area (Å²) < 4.78 is 1.53. The highest BCUT2D eigenvalue weighted by Crippen LogP contribution is 2.05. The van der Waals surface area contributed by atoms with E-state index in [0.717, 1.165) is 0 Å². The van der Waals surface area contributed by atoms with Gasteiger partial charge in [-0.15, -0.1) is 5.10 Å². The van der Waals surface area contributed by atoms with Crippen molar-refractivity contribution in [3.05, 3.63) is 11.9 Å². The quantitative estimate of drug-likeness (QED) is 0.532. The summed E-state index contributed by atoms with van der Waals surface area (Å²) in [5.41, 5.74) is 0.688. The number of hydrogen-bond donors (Lipinski definition) is 3. The molecule has 2 heterocycles. The fourth-order valence-corrected chi connectivity index (χ4v) is 1.75. The molecule has 0 spiro atoms. The molecule has 0 aromatic carbocycles. The first kappa shape index (κ1) is 12.7. The lowest BCUT2D eigenvalue weighted by atomic mass is 10.1. The van der Waals surface area contributed by atoms with Gasteiger partial charge in [-0.25, -0.2) is 4.68 Å². The highest BCUT2D eigenvalue weighted by Gasteiger charge is 2.25. The Morgan fingerprint density at radius 2 is 2.39 bits per heavy atom. The van der Waals surface area contributed by atoms with Gasteiger partial charge in [0.2, 0.25) is 11.8 Å². The lowest BCUT2D eigenvalue weighted by Crippen LogP contribution is -2.50. The first-order chi connectivity index (χ1) is 8.69. The molecule has 0 bridgehead atoms. The molecule has 1 fully saturated rings. The van der Waals surface area contributed by atoms with Gasteiger partial charge in [0.05, 0.1) is 24.9 Å². The first-order valence-corrected chi connectivity index (χ1v) is 5.76. The number of amides is 2. The van der Waals surface area contributed by atoms with Gasteiger partial charge in [0, 0.05) is 19.2 Å². The lowest BCUT2D eigenvalue weighted by molar-refractivity contribution is -0.134. The Balaban J connectivity index is 1.83. The highest BCUT2D eigenvalue weighted by molar-refractivity contribution is 6.00. The standard InChI is InChI=1S/C10H15N5O3/c16-4-3-15-6-7(13-14-15)5-11-8-1-2-9(17)12-10(8)18/h6,8,11,16H,1-5H2,(H,12,17,18). The van der Waals surface area contributed by atoms with Crippen LogP contribution < -0.4 is 10.6 Å². The molecular weight excluding hydrogens is 238 g/mol. The molecule has 8 nitrogen and oxygen atoms in total. The Morgan fingerprint density at radius 1 is 1.56 bits per heavy atom. The van der Waals surface area contributed by atoms with Crippen LogP contribution in [-0.2, 0) is 22.7 Å². The smallest absolute Gasteiger partial charge is 0.243 e. The van der Waals surface area contributed by atoms with Gasteiger partial charge < -0.3 is 10.4 Å². The van der Waals surface area contributed by atoms with E-state index in [1.165, 1.54) is 4.68 Å². The molecule has 1 aliphatic rings. The van der Waals surface area contributed by atoms with Crippen molar-refractivity contribution in [3.63, 3.8) is 0 Å². The van der Waals surface area contributed by atoms with E-state index >= 15 is 0 Å². The van der Waals surface area contributed by atoms with Crippen molar-refractivity contribution < 1.29 is 14.7 Å². The van der Waals surface area contributed by atoms with Gasteiger partial charge in [0.25, 0.3) is 0 Å². The second-order valence-electron chi connectivity index (χ2n) is 4.08. The average molecular weight is 253 g/mol. The molecule has 1 saturated heterocycles. The SMILES string of the molecule is O=C1CCC(NCc2cn(CCO)nn2)C(=O)N1. The second kappa shape index (κ2) is 5.69. The molecule has 0 radical (unpaired) electrons. The predicted molar refractivity (Wildman–Crippen MR) is 60.1 cm³/mol. The van der Waals surface area contributed by atoms with E-state index in [-0.39, 0.29) is 24.5 Å². The molecule has 18 heavy (non-hydrogen) atoms. The van der Waals surface area contributed by atoms with Gasteiger partial charge in [-0.1, -0.05) is 5.21 Å². The molecular formula is C10H15N5O3. The maximum Gasteiger partial charge on any atom is 0.243 e. The summed E-state index contributed by atoms with van der Waals surface area (Å²) in [7, 11) is 0. The van der Waals surface area contributed by atoms with Crippen LogP contribution in [0.5, 0.6) is 0 Å². The molecule has 0 saturated carbocycles. The van der Waals surface area contributed by atoms with Crippen LogP contribution in [0.25, 0.3) is 0 Å². The average Bonchev–Trinajstić information content (AvgIpc) is 2.76. The summed E-state index contributed by atoms with van der Waals surface area (Å²) in [5, 5.41) is 21.7. The van der Waals surface area contributed by atoms with Gasteiger partial charge in [-0.05, 0) is 6.42 Å². The molecule has 1 aliphatic heterocycles. The van der Waals surface area contributed by atoms with Crippen molar-refractivity contribution in [2.45, 2.75) is 32.0 Å². The van der Waals surface area contributed by atoms with Crippen LogP contribution in [0.2, 0.25) is 0 Å². The number of aromatic nitrogens is 3. The van der Waals surface area contributed by atoms with E-state index < -0.39 is 0 Å². The van der Waals surface area contributed by atoms with E-state index in [4.69, 9.17) is 5.11 Å². The number of carbonyl (C=O) groups is 2. The predicted octanol–water partition coefficient (Wildman–Crippen LogP) is -1.83. The van der Waals surface area contributed by atoms with Crippen molar-refractivity contribution in [1.82, 2.24) is 25.6 Å². The molecule has 1 aromatic rings. The molecule has 2 rings (SSSR count). The number of nitrogens with zero attached hydrogens (tertiary/aromatic N) is 3. The van der Waals surface area contributed by atoms with Gasteiger partial charge in [0.1, 0.15) is 0 Å². The molecule has 3 N–H and O–H groups in total. The highest BCUT2D eigenvalue weighted by atomic mass is 16.3. The van der Waals surface area contributed by atoms with Crippen LogP contribution in [0.1, 0.15) is 18.5 Å². The third-order valence-corrected chi connectivity index (χ3v) is 2.68. The molecule has 98 valence electrons. The normalized spacial score (nSPS) is 19.9. The van der Waals surface area contributed by atoms with Crippen molar-refractivity contribution in [1.29, 1.82) is 0 Å². The van der Waals surface area contributed by atoms with Gasteiger partial charge in [-0.2, -0.15) is 0 Å². The van der Waals surface area contributed by atoms with Crippen LogP contribution in [0.4, 0.5) is 0 Å². The van der Waals surface area contributed by atoms with E-state index in [1.54, 1.807) is 6.20 Å². The molecule has 1 aromatic heterocycles. The molecule has 2 amide bonds. The number of nitrogens with one attached hydrogen (secondary N) is 2. The Labute approximate surface area is 103 Å². The number of aliphatic hydroxyl groups is 1. The number of hydrogen-bond acceptors (Lipinski definition) is 6. The van der Waals surface area contributed by atoms with E-state index in [9.17, 15) is 9.59 Å². The van der Waals surface area contributed by atoms with Crippen LogP contribution in [-0.4, -0.2) is 44.6 Å². The van der Waals surface area contributed by atoms with Crippen molar-refractivity contribution in [3.8, 4) is 0 Å². The van der Waals surface area contributed by atoms with E-state index in [2.05, 4.69) is 20.9 Å². The fraction of sp³-hybridized carbons (Fsp3) is 0.600. The van der Waals surface area contributed by atoms with Crippen molar-refractivity contribution in [2.75, 3.05) is 6.61 Å². The zero-order valence-electron chi connectivity index (χ0n) is 9.80. The molecule has 8 heteroatoms. The largest absolute Gasteiger partial charge is 0.394 e. The third-order valence-electron chi connectivity index (χ3n) is 2.68. The van der Waals surface area contributed by atoms with E-state index in [1.807, 2.05) is 0 Å². The minimum absolute atomic E-state index is 0.00334. The lowest BCUT2D eigenvalue weighted by Gasteiger charge is -2.21. The number of imide groups is 1. The van der Waals surface area contributed by atoms with Crippen molar-refractivity contribution >= 4 is 11.8 Å². The van der Waals surface area contributed by atoms with Crippen LogP contribution in [0.3, 0.4) is 0 Å². The molecule has 0 aliphatic carbocycles. The minimum Gasteiger partial charge on any atom is -0.394 e. The van der Waals surface area contributed by atoms with Gasteiger partial charge in [-0.3, -0.25) is 14.9 Å². The number of rotatable bonds is 5. The topological polar surface area (TPSA) is 109 Å². The number of aliphatic hydroxyl groups excluding tert-OH is 1. The van der Waals surface area contributed by atoms with Crippen LogP contribution >= 0.6 is 0 Å². The summed E-state index contributed by atoms with van der Waals surface area (Å²) in [5.74, 6) is -0.527. The van der Waals surface area contributed by atoms with Crippen LogP contribution in [0.15, 0.2) is 6.20 Å². The first-order valence-electron chi connectivity index (χ1n) is 5.76. The maximum absolute atomic E-state index is 11.5. The zero-order valence-corrected chi connectivity index (χ0v) is 9.80. The number of piperidine rings is 1. The van der Waals surface area contributed by atoms with Crippen LogP contribution in [0, 0.1) is 0 Å². The second-order valence-corrected chi connectivity index (χ2v) is 4.08. The summed E-state index contributed by atoms with van der Waals surface area (Å²) in [6.07, 6.45) is 2.55. The Morgan fingerprint density at radius 3 is 3.11 bits per heavy atom. The van der Waals surface area contributed by atoms with E-state index in [0.29, 0.717) is 31.6 Å².